The molecule has 0 aromatic heterocycles. The molecule has 1 aliphatic rings. The molecule has 0 saturated heterocycles. The SMILES string of the molecule is CCCC(C#N)NC(=O)CC1CC(OCC)C1. The van der Waals surface area contributed by atoms with Gasteiger partial charge in [0.25, 0.3) is 0 Å². The number of rotatable bonds is 7. The van der Waals surface area contributed by atoms with Crippen molar-refractivity contribution in [2.75, 3.05) is 6.61 Å². The van der Waals surface area contributed by atoms with Gasteiger partial charge in [0.1, 0.15) is 6.04 Å². The molecule has 0 radical (unpaired) electrons. The Morgan fingerprint density at radius 2 is 2.24 bits per heavy atom. The van der Waals surface area contributed by atoms with E-state index in [0.717, 1.165) is 32.3 Å². The van der Waals surface area contributed by atoms with Crippen LogP contribution in [0, 0.1) is 17.2 Å². The number of carbonyl (C=O) groups is 1. The molecular formula is C13H22N2O2. The van der Waals surface area contributed by atoms with Gasteiger partial charge in [-0.25, -0.2) is 0 Å². The fourth-order valence-electron chi connectivity index (χ4n) is 2.19. The predicted molar refractivity (Wildman–Crippen MR) is 65.2 cm³/mol. The molecule has 0 aromatic carbocycles. The Hall–Kier alpha value is -1.08. The van der Waals surface area contributed by atoms with Gasteiger partial charge in [0, 0.05) is 13.0 Å². The lowest BCUT2D eigenvalue weighted by Crippen LogP contribution is -2.39. The Labute approximate surface area is 103 Å². The molecule has 4 nitrogen and oxygen atoms in total. The van der Waals surface area contributed by atoms with Crippen molar-refractivity contribution < 1.29 is 9.53 Å². The van der Waals surface area contributed by atoms with E-state index in [2.05, 4.69) is 11.4 Å². The van der Waals surface area contributed by atoms with E-state index in [9.17, 15) is 4.79 Å². The number of nitrogens with one attached hydrogen (secondary N) is 1. The summed E-state index contributed by atoms with van der Waals surface area (Å²) in [7, 11) is 0. The second kappa shape index (κ2) is 7.29. The van der Waals surface area contributed by atoms with Crippen molar-refractivity contribution in [1.82, 2.24) is 5.32 Å². The first-order chi connectivity index (χ1) is 8.19. The van der Waals surface area contributed by atoms with E-state index >= 15 is 0 Å². The quantitative estimate of drug-likeness (QED) is 0.738. The molecular weight excluding hydrogens is 216 g/mol. The highest BCUT2D eigenvalue weighted by Crippen LogP contribution is 2.32. The molecule has 17 heavy (non-hydrogen) atoms. The van der Waals surface area contributed by atoms with Gasteiger partial charge < -0.3 is 10.1 Å². The Morgan fingerprint density at radius 3 is 2.76 bits per heavy atom. The van der Waals surface area contributed by atoms with Crippen LogP contribution in [0.5, 0.6) is 0 Å². The van der Waals surface area contributed by atoms with Crippen LogP contribution in [0.25, 0.3) is 0 Å². The van der Waals surface area contributed by atoms with Gasteiger partial charge in [0.2, 0.25) is 5.91 Å². The van der Waals surface area contributed by atoms with Gasteiger partial charge in [-0.05, 0) is 32.1 Å². The predicted octanol–water partition coefficient (Wildman–Crippen LogP) is 2.00. The van der Waals surface area contributed by atoms with Gasteiger partial charge in [-0.2, -0.15) is 5.26 Å². The van der Waals surface area contributed by atoms with E-state index in [1.807, 2.05) is 13.8 Å². The van der Waals surface area contributed by atoms with Crippen molar-refractivity contribution in [3.63, 3.8) is 0 Å². The number of amides is 1. The average molecular weight is 238 g/mol. The number of hydrogen-bond acceptors (Lipinski definition) is 3. The fraction of sp³-hybridized carbons (Fsp3) is 0.846. The van der Waals surface area contributed by atoms with Crippen LogP contribution in [-0.4, -0.2) is 24.7 Å². The smallest absolute Gasteiger partial charge is 0.221 e. The van der Waals surface area contributed by atoms with Gasteiger partial charge in [-0.15, -0.1) is 0 Å². The van der Waals surface area contributed by atoms with Crippen molar-refractivity contribution in [2.24, 2.45) is 5.92 Å². The average Bonchev–Trinajstić information content (AvgIpc) is 2.25. The number of ether oxygens (including phenoxy) is 1. The van der Waals surface area contributed by atoms with Crippen molar-refractivity contribution >= 4 is 5.91 Å². The highest BCUT2D eigenvalue weighted by atomic mass is 16.5. The summed E-state index contributed by atoms with van der Waals surface area (Å²) in [4.78, 5) is 11.7. The highest BCUT2D eigenvalue weighted by molar-refractivity contribution is 5.77. The summed E-state index contributed by atoms with van der Waals surface area (Å²) in [5, 5.41) is 11.6. The Morgan fingerprint density at radius 1 is 1.53 bits per heavy atom. The molecule has 1 amide bonds. The molecule has 1 atom stereocenters. The summed E-state index contributed by atoms with van der Waals surface area (Å²) in [5.41, 5.74) is 0. The number of nitriles is 1. The minimum atomic E-state index is -0.324. The lowest BCUT2D eigenvalue weighted by atomic mass is 9.80. The zero-order chi connectivity index (χ0) is 12.7. The molecule has 1 N–H and O–H groups in total. The van der Waals surface area contributed by atoms with Crippen molar-refractivity contribution in [2.45, 2.75) is 58.1 Å². The minimum Gasteiger partial charge on any atom is -0.378 e. The lowest BCUT2D eigenvalue weighted by Gasteiger charge is -2.34. The van der Waals surface area contributed by atoms with Gasteiger partial charge >= 0.3 is 0 Å². The Kier molecular flexibility index (Phi) is 5.99. The van der Waals surface area contributed by atoms with E-state index in [1.165, 1.54) is 0 Å². The standard InChI is InChI=1S/C13H22N2O2/c1-3-5-11(9-14)15-13(16)8-10-6-12(7-10)17-4-2/h10-12H,3-8H2,1-2H3,(H,15,16). The molecule has 96 valence electrons. The second-order valence-electron chi connectivity index (χ2n) is 4.66. The van der Waals surface area contributed by atoms with Crippen LogP contribution in [0.2, 0.25) is 0 Å². The molecule has 4 heteroatoms. The zero-order valence-electron chi connectivity index (χ0n) is 10.7. The Bertz CT molecular complexity index is 280. The topological polar surface area (TPSA) is 62.1 Å². The third-order valence-electron chi connectivity index (χ3n) is 3.14. The number of hydrogen-bond donors (Lipinski definition) is 1. The van der Waals surface area contributed by atoms with E-state index < -0.39 is 0 Å². The molecule has 1 unspecified atom stereocenters. The van der Waals surface area contributed by atoms with Crippen molar-refractivity contribution in [1.29, 1.82) is 5.26 Å². The van der Waals surface area contributed by atoms with E-state index in [1.54, 1.807) is 0 Å². The van der Waals surface area contributed by atoms with Gasteiger partial charge in [0.15, 0.2) is 0 Å². The molecule has 0 aromatic rings. The normalized spacial score (nSPS) is 24.5. The summed E-state index contributed by atoms with van der Waals surface area (Å²) in [6.45, 7) is 4.74. The van der Waals surface area contributed by atoms with Gasteiger partial charge in [-0.1, -0.05) is 13.3 Å². The largest absolute Gasteiger partial charge is 0.378 e. The zero-order valence-corrected chi connectivity index (χ0v) is 10.7. The molecule has 0 spiro atoms. The molecule has 1 aliphatic carbocycles. The van der Waals surface area contributed by atoms with Crippen LogP contribution in [0.1, 0.15) is 46.0 Å². The molecule has 0 aliphatic heterocycles. The Balaban J connectivity index is 2.16. The van der Waals surface area contributed by atoms with Crippen LogP contribution in [0.4, 0.5) is 0 Å². The minimum absolute atomic E-state index is 0.00458. The first-order valence-corrected chi connectivity index (χ1v) is 6.50. The van der Waals surface area contributed by atoms with E-state index in [-0.39, 0.29) is 11.9 Å². The molecule has 0 bridgehead atoms. The fourth-order valence-corrected chi connectivity index (χ4v) is 2.19. The number of carbonyl (C=O) groups excluding carboxylic acids is 1. The summed E-state index contributed by atoms with van der Waals surface area (Å²) in [6.07, 6.45) is 4.48. The van der Waals surface area contributed by atoms with Crippen molar-refractivity contribution in [3.8, 4) is 6.07 Å². The first-order valence-electron chi connectivity index (χ1n) is 6.50. The van der Waals surface area contributed by atoms with Crippen LogP contribution in [-0.2, 0) is 9.53 Å². The monoisotopic (exact) mass is 238 g/mol. The maximum absolute atomic E-state index is 11.7. The molecule has 1 saturated carbocycles. The van der Waals surface area contributed by atoms with Gasteiger partial charge in [0.05, 0.1) is 12.2 Å². The number of nitrogens with zero attached hydrogens (tertiary/aromatic N) is 1. The molecule has 1 rings (SSSR count). The van der Waals surface area contributed by atoms with E-state index in [4.69, 9.17) is 10.00 Å². The second-order valence-corrected chi connectivity index (χ2v) is 4.66. The maximum Gasteiger partial charge on any atom is 0.221 e. The van der Waals surface area contributed by atoms with E-state index in [0.29, 0.717) is 18.4 Å². The van der Waals surface area contributed by atoms with Crippen LogP contribution in [0.3, 0.4) is 0 Å². The van der Waals surface area contributed by atoms with Crippen LogP contribution >= 0.6 is 0 Å². The van der Waals surface area contributed by atoms with Crippen molar-refractivity contribution in [3.05, 3.63) is 0 Å². The summed E-state index contributed by atoms with van der Waals surface area (Å²) in [5.74, 6) is 0.442. The third-order valence-corrected chi connectivity index (χ3v) is 3.14. The highest BCUT2D eigenvalue weighted by Gasteiger charge is 2.31. The first kappa shape index (κ1) is 14.0. The molecule has 1 fully saturated rings. The van der Waals surface area contributed by atoms with Gasteiger partial charge in [-0.3, -0.25) is 4.79 Å². The summed E-state index contributed by atoms with van der Waals surface area (Å²) in [6, 6.07) is 1.79. The summed E-state index contributed by atoms with van der Waals surface area (Å²) < 4.78 is 5.45. The third kappa shape index (κ3) is 4.74. The van der Waals surface area contributed by atoms with Crippen LogP contribution in [0.15, 0.2) is 0 Å². The molecule has 0 heterocycles. The summed E-state index contributed by atoms with van der Waals surface area (Å²) >= 11 is 0. The lowest BCUT2D eigenvalue weighted by molar-refractivity contribution is -0.124. The van der Waals surface area contributed by atoms with Crippen LogP contribution < -0.4 is 5.32 Å². The maximum atomic E-state index is 11.7.